The summed E-state index contributed by atoms with van der Waals surface area (Å²) < 4.78 is 1.81. The molecule has 31 heavy (non-hydrogen) atoms. The second-order valence-corrected chi connectivity index (χ2v) is 9.69. The van der Waals surface area contributed by atoms with Gasteiger partial charge in [0.2, 0.25) is 5.95 Å². The topological polar surface area (TPSA) is 107 Å². The Bertz CT molecular complexity index is 1110. The monoisotopic (exact) mass is 422 g/mol. The number of anilines is 4. The zero-order chi connectivity index (χ0) is 21.8. The lowest BCUT2D eigenvalue weighted by molar-refractivity contribution is 0.0196. The molecule has 5 N–H and O–H groups in total. The second kappa shape index (κ2) is 7.10. The Morgan fingerprint density at radius 1 is 1.13 bits per heavy atom. The molecule has 0 spiro atoms. The molecule has 5 rings (SSSR count). The molecule has 0 radical (unpaired) electrons. The number of nitrogens with zero attached hydrogens (tertiary/aromatic N) is 3. The normalized spacial score (nSPS) is 27.0. The summed E-state index contributed by atoms with van der Waals surface area (Å²) in [6, 6.07) is 12.2. The number of hydrogen-bond donors (Lipinski definition) is 5. The van der Waals surface area contributed by atoms with Crippen molar-refractivity contribution in [2.75, 3.05) is 16.0 Å². The van der Waals surface area contributed by atoms with Gasteiger partial charge in [-0.05, 0) is 62.4 Å². The van der Waals surface area contributed by atoms with Crippen molar-refractivity contribution < 1.29 is 10.2 Å². The molecule has 8 nitrogen and oxygen atoms in total. The number of benzene rings is 1. The van der Waals surface area contributed by atoms with Crippen molar-refractivity contribution >= 4 is 28.8 Å². The Kier molecular flexibility index (Phi) is 4.60. The van der Waals surface area contributed by atoms with Crippen molar-refractivity contribution in [2.45, 2.75) is 69.7 Å². The van der Waals surface area contributed by atoms with Gasteiger partial charge in [-0.1, -0.05) is 26.0 Å². The Hall–Kier alpha value is -2.84. The van der Waals surface area contributed by atoms with Crippen molar-refractivity contribution in [1.82, 2.24) is 14.6 Å². The molecule has 3 aromatic rings. The molecule has 1 aliphatic carbocycles. The first kappa shape index (κ1) is 20.1. The first-order chi connectivity index (χ1) is 14.7. The zero-order valence-corrected chi connectivity index (χ0v) is 18.2. The van der Waals surface area contributed by atoms with Crippen LogP contribution in [-0.2, 0) is 5.41 Å². The molecule has 3 heterocycles. The first-order valence-corrected chi connectivity index (χ1v) is 10.9. The average Bonchev–Trinajstić information content (AvgIpc) is 3.22. The van der Waals surface area contributed by atoms with Gasteiger partial charge < -0.3 is 26.2 Å². The largest absolute Gasteiger partial charge is 0.390 e. The SMILES string of the molecule is CC1(O)CCC(Nc2cccc3nc(Nc4ccc5c(c4)NC(O)C5(C)C)nn23)CC1. The summed E-state index contributed by atoms with van der Waals surface area (Å²) >= 11 is 0. The fourth-order valence-electron chi connectivity index (χ4n) is 4.57. The Balaban J connectivity index is 1.35. The van der Waals surface area contributed by atoms with E-state index in [2.05, 4.69) is 26.0 Å². The fraction of sp³-hybridized carbons (Fsp3) is 0.478. The quantitative estimate of drug-likeness (QED) is 0.437. The van der Waals surface area contributed by atoms with Crippen molar-refractivity contribution in [3.8, 4) is 0 Å². The van der Waals surface area contributed by atoms with E-state index in [1.54, 1.807) is 0 Å². The molecule has 1 aromatic carbocycles. The summed E-state index contributed by atoms with van der Waals surface area (Å²) in [5.41, 5.74) is 2.74. The van der Waals surface area contributed by atoms with Crippen molar-refractivity contribution in [3.63, 3.8) is 0 Å². The van der Waals surface area contributed by atoms with Gasteiger partial charge in [-0.25, -0.2) is 0 Å². The molecule has 1 unspecified atom stereocenters. The van der Waals surface area contributed by atoms with Gasteiger partial charge in [-0.15, -0.1) is 5.10 Å². The zero-order valence-electron chi connectivity index (χ0n) is 18.2. The number of pyridine rings is 1. The third-order valence-corrected chi connectivity index (χ3v) is 6.72. The molecule has 1 fully saturated rings. The Morgan fingerprint density at radius 2 is 1.90 bits per heavy atom. The summed E-state index contributed by atoms with van der Waals surface area (Å²) in [6.45, 7) is 5.96. The van der Waals surface area contributed by atoms with Gasteiger partial charge in [0.25, 0.3) is 0 Å². The van der Waals surface area contributed by atoms with Crippen LogP contribution in [0.3, 0.4) is 0 Å². The lowest BCUT2D eigenvalue weighted by Gasteiger charge is -2.33. The maximum Gasteiger partial charge on any atom is 0.247 e. The van der Waals surface area contributed by atoms with Crippen LogP contribution in [0.25, 0.3) is 5.65 Å². The fourth-order valence-corrected chi connectivity index (χ4v) is 4.57. The van der Waals surface area contributed by atoms with E-state index in [-0.39, 0.29) is 5.41 Å². The van der Waals surface area contributed by atoms with Gasteiger partial charge in [0.1, 0.15) is 12.0 Å². The Labute approximate surface area is 181 Å². The second-order valence-electron chi connectivity index (χ2n) is 9.69. The van der Waals surface area contributed by atoms with E-state index in [0.717, 1.165) is 54.1 Å². The molecule has 164 valence electrons. The number of aromatic nitrogens is 3. The molecular formula is C23H30N6O2. The van der Waals surface area contributed by atoms with Crippen molar-refractivity contribution in [3.05, 3.63) is 42.0 Å². The van der Waals surface area contributed by atoms with Gasteiger partial charge in [0.05, 0.1) is 5.60 Å². The van der Waals surface area contributed by atoms with Crippen LogP contribution in [0, 0.1) is 0 Å². The third kappa shape index (κ3) is 3.70. The summed E-state index contributed by atoms with van der Waals surface area (Å²) in [6.07, 6.45) is 2.83. The number of fused-ring (bicyclic) bond motifs is 2. The van der Waals surface area contributed by atoms with E-state index < -0.39 is 11.8 Å². The highest BCUT2D eigenvalue weighted by Gasteiger charge is 2.38. The van der Waals surface area contributed by atoms with Crippen LogP contribution in [-0.4, -0.2) is 42.7 Å². The minimum atomic E-state index is -0.608. The minimum Gasteiger partial charge on any atom is -0.390 e. The van der Waals surface area contributed by atoms with Gasteiger partial charge in [0, 0.05) is 22.8 Å². The number of nitrogens with one attached hydrogen (secondary N) is 3. The third-order valence-electron chi connectivity index (χ3n) is 6.72. The number of aliphatic hydroxyl groups is 2. The molecule has 1 atom stereocenters. The van der Waals surface area contributed by atoms with Crippen LogP contribution in [0.4, 0.5) is 23.1 Å². The van der Waals surface area contributed by atoms with Crippen LogP contribution < -0.4 is 16.0 Å². The van der Waals surface area contributed by atoms with Crippen LogP contribution in [0.1, 0.15) is 52.0 Å². The van der Waals surface area contributed by atoms with E-state index in [1.165, 1.54) is 0 Å². The van der Waals surface area contributed by atoms with Crippen molar-refractivity contribution in [1.29, 1.82) is 0 Å². The minimum absolute atomic E-state index is 0.309. The summed E-state index contributed by atoms with van der Waals surface area (Å²) in [5, 5.41) is 35.1. The predicted molar refractivity (Wildman–Crippen MR) is 122 cm³/mol. The van der Waals surface area contributed by atoms with E-state index >= 15 is 0 Å². The van der Waals surface area contributed by atoms with Crippen LogP contribution in [0.15, 0.2) is 36.4 Å². The smallest absolute Gasteiger partial charge is 0.247 e. The predicted octanol–water partition coefficient (Wildman–Crippen LogP) is 3.60. The molecule has 0 amide bonds. The molecule has 2 aromatic heterocycles. The van der Waals surface area contributed by atoms with Crippen LogP contribution in [0.2, 0.25) is 0 Å². The molecule has 0 saturated heterocycles. The highest BCUT2D eigenvalue weighted by molar-refractivity contribution is 5.69. The summed E-state index contributed by atoms with van der Waals surface area (Å²) in [7, 11) is 0. The summed E-state index contributed by atoms with van der Waals surface area (Å²) in [4.78, 5) is 4.61. The van der Waals surface area contributed by atoms with Gasteiger partial charge in [-0.3, -0.25) is 0 Å². The molecule has 2 aliphatic rings. The summed E-state index contributed by atoms with van der Waals surface area (Å²) in [5.74, 6) is 1.41. The standard InChI is InChI=1S/C23H30N6O2/c1-22(2)16-8-7-15(13-17(16)26-20(22)30)25-21-27-19-6-4-5-18(29(19)28-21)24-14-9-11-23(3,31)12-10-14/h4-8,13-14,20,24,26,30-31H,9-12H2,1-3H3,(H,25,28). The Morgan fingerprint density at radius 3 is 2.68 bits per heavy atom. The molecule has 0 bridgehead atoms. The first-order valence-electron chi connectivity index (χ1n) is 10.9. The number of hydrogen-bond acceptors (Lipinski definition) is 7. The molecule has 8 heteroatoms. The maximum atomic E-state index is 10.3. The van der Waals surface area contributed by atoms with E-state index in [0.29, 0.717) is 12.0 Å². The number of rotatable bonds is 4. The van der Waals surface area contributed by atoms with E-state index in [1.807, 2.05) is 61.7 Å². The molecular weight excluding hydrogens is 392 g/mol. The van der Waals surface area contributed by atoms with Crippen molar-refractivity contribution in [2.24, 2.45) is 0 Å². The molecule has 1 saturated carbocycles. The lowest BCUT2D eigenvalue weighted by Crippen LogP contribution is -2.36. The highest BCUT2D eigenvalue weighted by Crippen LogP contribution is 2.41. The lowest BCUT2D eigenvalue weighted by atomic mass is 9.84. The van der Waals surface area contributed by atoms with Gasteiger partial charge in [0.15, 0.2) is 5.65 Å². The van der Waals surface area contributed by atoms with Crippen LogP contribution in [0.5, 0.6) is 0 Å². The van der Waals surface area contributed by atoms with Gasteiger partial charge >= 0.3 is 0 Å². The number of aliphatic hydroxyl groups excluding tert-OH is 1. The van der Waals surface area contributed by atoms with E-state index in [9.17, 15) is 10.2 Å². The van der Waals surface area contributed by atoms with Gasteiger partial charge in [-0.2, -0.15) is 9.50 Å². The highest BCUT2D eigenvalue weighted by atomic mass is 16.3. The molecule has 1 aliphatic heterocycles. The average molecular weight is 423 g/mol. The maximum absolute atomic E-state index is 10.3. The van der Waals surface area contributed by atoms with E-state index in [4.69, 9.17) is 0 Å². The van der Waals surface area contributed by atoms with Crippen LogP contribution >= 0.6 is 0 Å².